The van der Waals surface area contributed by atoms with E-state index in [9.17, 15) is 9.59 Å². The van der Waals surface area contributed by atoms with Gasteiger partial charge in [0.25, 0.3) is 11.8 Å². The van der Waals surface area contributed by atoms with Gasteiger partial charge in [-0.05, 0) is 54.5 Å². The lowest BCUT2D eigenvalue weighted by atomic mass is 10.1. The minimum absolute atomic E-state index is 0.237. The van der Waals surface area contributed by atoms with Gasteiger partial charge in [0.15, 0.2) is 15.8 Å². The minimum atomic E-state index is -0.416. The predicted molar refractivity (Wildman–Crippen MR) is 120 cm³/mol. The summed E-state index contributed by atoms with van der Waals surface area (Å²) in [5.41, 5.74) is 4.52. The number of methoxy groups -OCH3 is 3. The molecule has 0 unspecified atom stereocenters. The molecule has 0 saturated carbocycles. The third kappa shape index (κ3) is 4.27. The van der Waals surface area contributed by atoms with E-state index in [1.54, 1.807) is 30.3 Å². The third-order valence-electron chi connectivity index (χ3n) is 4.38. The number of amides is 2. The molecule has 1 N–H and O–H groups in total. The molecule has 1 saturated heterocycles. The summed E-state index contributed by atoms with van der Waals surface area (Å²) in [6.07, 6.45) is 1.66. The number of nitrogens with one attached hydrogen (secondary N) is 1. The monoisotopic (exact) mass is 444 g/mol. The van der Waals surface area contributed by atoms with Crippen molar-refractivity contribution in [3.63, 3.8) is 0 Å². The summed E-state index contributed by atoms with van der Waals surface area (Å²) in [4.78, 5) is 25.8. The third-order valence-corrected chi connectivity index (χ3v) is 5.68. The molecule has 0 aliphatic carbocycles. The van der Waals surface area contributed by atoms with Crippen LogP contribution in [-0.2, 0) is 4.79 Å². The number of ether oxygens (including phenoxy) is 3. The Morgan fingerprint density at radius 2 is 1.73 bits per heavy atom. The Hall–Kier alpha value is -3.04. The first kappa shape index (κ1) is 21.7. The van der Waals surface area contributed by atoms with Crippen molar-refractivity contribution in [3.05, 3.63) is 58.0 Å². The lowest BCUT2D eigenvalue weighted by Gasteiger charge is -2.16. The van der Waals surface area contributed by atoms with Gasteiger partial charge < -0.3 is 14.2 Å². The molecule has 1 fully saturated rings. The molecule has 9 heteroatoms. The van der Waals surface area contributed by atoms with Gasteiger partial charge in [0, 0.05) is 5.56 Å². The van der Waals surface area contributed by atoms with Crippen molar-refractivity contribution < 1.29 is 23.8 Å². The molecular weight excluding hydrogens is 424 g/mol. The Bertz CT molecular complexity index is 1030. The summed E-state index contributed by atoms with van der Waals surface area (Å²) in [5, 5.41) is 1.08. The average molecular weight is 445 g/mol. The zero-order valence-electron chi connectivity index (χ0n) is 16.8. The molecule has 7 nitrogen and oxygen atoms in total. The van der Waals surface area contributed by atoms with Crippen LogP contribution < -0.4 is 19.6 Å². The molecule has 3 rings (SSSR count). The predicted octanol–water partition coefficient (Wildman–Crippen LogP) is 3.57. The second kappa shape index (κ2) is 9.19. The zero-order chi connectivity index (χ0) is 21.8. The van der Waals surface area contributed by atoms with Crippen LogP contribution in [0.5, 0.6) is 17.2 Å². The molecule has 1 heterocycles. The molecule has 156 valence electrons. The van der Waals surface area contributed by atoms with E-state index in [-0.39, 0.29) is 4.32 Å². The highest BCUT2D eigenvalue weighted by Crippen LogP contribution is 2.40. The quantitative estimate of drug-likeness (QED) is 0.539. The second-order valence-corrected chi connectivity index (χ2v) is 7.91. The molecule has 30 heavy (non-hydrogen) atoms. The number of thiocarbonyl (C=S) groups is 1. The number of rotatable bonds is 6. The summed E-state index contributed by atoms with van der Waals surface area (Å²) >= 11 is 6.39. The maximum absolute atomic E-state index is 12.9. The van der Waals surface area contributed by atoms with Gasteiger partial charge in [0.1, 0.15) is 0 Å². The smallest absolute Gasteiger partial charge is 0.285 e. The van der Waals surface area contributed by atoms with Gasteiger partial charge in [-0.3, -0.25) is 15.0 Å². The van der Waals surface area contributed by atoms with E-state index in [1.807, 2.05) is 19.1 Å². The summed E-state index contributed by atoms with van der Waals surface area (Å²) in [6.45, 7) is 1.82. The first-order chi connectivity index (χ1) is 14.4. The van der Waals surface area contributed by atoms with Gasteiger partial charge in [-0.2, -0.15) is 5.01 Å². The molecule has 2 aromatic carbocycles. The van der Waals surface area contributed by atoms with Crippen LogP contribution in [0.4, 0.5) is 0 Å². The molecule has 0 radical (unpaired) electrons. The van der Waals surface area contributed by atoms with E-state index in [0.29, 0.717) is 33.3 Å². The number of hydrogen-bond donors (Lipinski definition) is 1. The van der Waals surface area contributed by atoms with Crippen molar-refractivity contribution in [2.75, 3.05) is 21.3 Å². The van der Waals surface area contributed by atoms with Crippen molar-refractivity contribution in [1.29, 1.82) is 0 Å². The van der Waals surface area contributed by atoms with Gasteiger partial charge in [-0.15, -0.1) is 0 Å². The Morgan fingerprint density at radius 3 is 2.30 bits per heavy atom. The first-order valence-electron chi connectivity index (χ1n) is 8.84. The van der Waals surface area contributed by atoms with E-state index < -0.39 is 11.8 Å². The maximum atomic E-state index is 12.9. The SMILES string of the molecule is COc1cc(C=C2SC(=S)N(NC(=O)c3ccccc3C)C2=O)cc(OC)c1OC. The largest absolute Gasteiger partial charge is 0.493 e. The summed E-state index contributed by atoms with van der Waals surface area (Å²) in [5.74, 6) is 0.562. The molecule has 1 aliphatic heterocycles. The van der Waals surface area contributed by atoms with Crippen LogP contribution in [0.1, 0.15) is 21.5 Å². The normalized spacial score (nSPS) is 14.8. The molecule has 0 spiro atoms. The average Bonchev–Trinajstić information content (AvgIpc) is 3.00. The van der Waals surface area contributed by atoms with Crippen LogP contribution in [0.2, 0.25) is 0 Å². The Morgan fingerprint density at radius 1 is 1.10 bits per heavy atom. The van der Waals surface area contributed by atoms with Crippen molar-refractivity contribution in [2.45, 2.75) is 6.92 Å². The summed E-state index contributed by atoms with van der Waals surface area (Å²) < 4.78 is 16.2. The van der Waals surface area contributed by atoms with Crippen LogP contribution in [0.3, 0.4) is 0 Å². The van der Waals surface area contributed by atoms with E-state index in [4.69, 9.17) is 26.4 Å². The summed E-state index contributed by atoms with van der Waals surface area (Å²) in [7, 11) is 4.55. The second-order valence-electron chi connectivity index (χ2n) is 6.23. The Balaban J connectivity index is 1.86. The highest BCUT2D eigenvalue weighted by Gasteiger charge is 2.34. The number of nitrogens with zero attached hydrogens (tertiary/aromatic N) is 1. The van der Waals surface area contributed by atoms with Crippen molar-refractivity contribution in [2.24, 2.45) is 0 Å². The molecule has 0 bridgehead atoms. The van der Waals surface area contributed by atoms with Crippen LogP contribution in [0, 0.1) is 6.92 Å². The number of hydrogen-bond acceptors (Lipinski definition) is 7. The minimum Gasteiger partial charge on any atom is -0.493 e. The fourth-order valence-corrected chi connectivity index (χ4v) is 4.07. The number of carbonyl (C=O) groups is 2. The van der Waals surface area contributed by atoms with Gasteiger partial charge in [0.2, 0.25) is 5.75 Å². The highest BCUT2D eigenvalue weighted by atomic mass is 32.2. The Labute approximate surface area is 184 Å². The fraction of sp³-hybridized carbons (Fsp3) is 0.190. The molecule has 0 atom stereocenters. The van der Waals surface area contributed by atoms with E-state index in [2.05, 4.69) is 5.43 Å². The van der Waals surface area contributed by atoms with E-state index >= 15 is 0 Å². The van der Waals surface area contributed by atoms with Gasteiger partial charge in [-0.25, -0.2) is 0 Å². The molecule has 0 aromatic heterocycles. The maximum Gasteiger partial charge on any atom is 0.285 e. The zero-order valence-corrected chi connectivity index (χ0v) is 18.5. The van der Waals surface area contributed by atoms with Gasteiger partial charge in [-0.1, -0.05) is 30.0 Å². The fourth-order valence-electron chi connectivity index (χ4n) is 2.89. The van der Waals surface area contributed by atoms with Crippen molar-refractivity contribution >= 4 is 46.2 Å². The number of aryl methyl sites for hydroxylation is 1. The molecular formula is C21H20N2O5S2. The Kier molecular flexibility index (Phi) is 6.63. The van der Waals surface area contributed by atoms with Crippen LogP contribution in [0.15, 0.2) is 41.3 Å². The highest BCUT2D eigenvalue weighted by molar-refractivity contribution is 8.26. The van der Waals surface area contributed by atoms with Gasteiger partial charge >= 0.3 is 0 Å². The molecule has 2 aromatic rings. The van der Waals surface area contributed by atoms with Crippen LogP contribution in [0.25, 0.3) is 6.08 Å². The van der Waals surface area contributed by atoms with E-state index in [1.165, 1.54) is 21.3 Å². The van der Waals surface area contributed by atoms with Crippen LogP contribution in [-0.4, -0.2) is 42.5 Å². The van der Waals surface area contributed by atoms with Crippen LogP contribution >= 0.6 is 24.0 Å². The van der Waals surface area contributed by atoms with E-state index in [0.717, 1.165) is 22.3 Å². The number of thioether (sulfide) groups is 1. The number of hydrazine groups is 1. The molecule has 2 amide bonds. The van der Waals surface area contributed by atoms with Gasteiger partial charge in [0.05, 0.1) is 26.2 Å². The first-order valence-corrected chi connectivity index (χ1v) is 10.1. The number of carbonyl (C=O) groups excluding carboxylic acids is 2. The number of benzene rings is 2. The lowest BCUT2D eigenvalue weighted by Crippen LogP contribution is -2.45. The molecule has 1 aliphatic rings. The van der Waals surface area contributed by atoms with Crippen molar-refractivity contribution in [3.8, 4) is 17.2 Å². The van der Waals surface area contributed by atoms with Crippen molar-refractivity contribution in [1.82, 2.24) is 10.4 Å². The lowest BCUT2D eigenvalue weighted by molar-refractivity contribution is -0.123. The standard InChI is InChI=1S/C21H20N2O5S2/c1-12-7-5-6-8-14(12)19(24)22-23-20(25)17(30-21(23)29)11-13-9-15(26-2)18(28-4)16(10-13)27-3/h5-11H,1-4H3,(H,22,24). The summed E-state index contributed by atoms with van der Waals surface area (Å²) in [6, 6.07) is 10.6. The topological polar surface area (TPSA) is 77.1 Å².